The van der Waals surface area contributed by atoms with Crippen LogP contribution in [0.25, 0.3) is 0 Å². The van der Waals surface area contributed by atoms with Crippen LogP contribution in [-0.4, -0.2) is 290 Å². The highest BCUT2D eigenvalue weighted by atomic mass is 16.8. The average Bonchev–Trinajstić information content (AvgIpc) is 0.761. The van der Waals surface area contributed by atoms with Gasteiger partial charge in [-0.2, -0.15) is 0 Å². The Hall–Kier alpha value is -3.79. The molecule has 32 heteroatoms. The van der Waals surface area contributed by atoms with Gasteiger partial charge in [0, 0.05) is 33.1 Å². The van der Waals surface area contributed by atoms with Crippen LogP contribution in [0.2, 0.25) is 0 Å². The zero-order valence-electron chi connectivity index (χ0n) is 60.1. The lowest BCUT2D eigenvalue weighted by molar-refractivity contribution is -0.388. The monoisotopic (exact) mass is 1470 g/mol. The van der Waals surface area contributed by atoms with Gasteiger partial charge in [-0.1, -0.05) is 180 Å². The Morgan fingerprint density at radius 1 is 0.529 bits per heavy atom. The molecule has 594 valence electrons. The number of carbonyl (C=O) groups excluding carboxylic acids is 3. The number of amides is 3. The van der Waals surface area contributed by atoms with Gasteiger partial charge in [-0.15, -0.1) is 0 Å². The van der Waals surface area contributed by atoms with Gasteiger partial charge in [0.2, 0.25) is 17.7 Å². The fourth-order valence-electron chi connectivity index (χ4n) is 13.5. The first kappa shape index (κ1) is 90.6. The number of allylic oxidation sites excluding steroid dienone is 1. The molecule has 3 amide bonds. The van der Waals surface area contributed by atoms with Crippen molar-refractivity contribution in [2.75, 3.05) is 33.0 Å². The Kier molecular flexibility index (Phi) is 42.5. The molecule has 4 heterocycles. The second-order valence-corrected chi connectivity index (χ2v) is 27.9. The van der Waals surface area contributed by atoms with E-state index in [0.717, 1.165) is 65.2 Å². The summed E-state index contributed by atoms with van der Waals surface area (Å²) in [5.74, 6) is -13.1. The smallest absolute Gasteiger partial charge is 0.364 e. The molecule has 4 fully saturated rings. The van der Waals surface area contributed by atoms with Crippen molar-refractivity contribution in [1.29, 1.82) is 0 Å². The largest absolute Gasteiger partial charge is 0.477 e. The lowest BCUT2D eigenvalue weighted by atomic mass is 9.87. The highest BCUT2D eigenvalue weighted by molar-refractivity contribution is 5.78. The number of ether oxygens (including phenoxy) is 8. The van der Waals surface area contributed by atoms with E-state index in [1.165, 1.54) is 109 Å². The summed E-state index contributed by atoms with van der Waals surface area (Å²) in [6, 6.07) is -4.73. The van der Waals surface area contributed by atoms with Gasteiger partial charge in [0.25, 0.3) is 11.6 Å². The first-order chi connectivity index (χ1) is 48.7. The first-order valence-electron chi connectivity index (χ1n) is 37.2. The van der Waals surface area contributed by atoms with Crippen LogP contribution in [0.1, 0.15) is 220 Å². The summed E-state index contributed by atoms with van der Waals surface area (Å²) in [4.78, 5) is 64.9. The van der Waals surface area contributed by atoms with Gasteiger partial charge < -0.3 is 136 Å². The Morgan fingerprint density at radius 3 is 1.44 bits per heavy atom. The molecular weight excluding hydrogens is 1350 g/mol. The third-order valence-corrected chi connectivity index (χ3v) is 19.5. The van der Waals surface area contributed by atoms with E-state index in [0.29, 0.717) is 12.8 Å². The molecule has 0 aliphatic carbocycles. The maximum Gasteiger partial charge on any atom is 0.364 e. The summed E-state index contributed by atoms with van der Waals surface area (Å²) < 4.78 is 46.4. The molecule has 0 aromatic heterocycles. The number of aliphatic hydroxyl groups excluding tert-OH is 14. The molecule has 0 unspecified atom stereocenters. The highest BCUT2D eigenvalue weighted by Gasteiger charge is 2.62. The molecule has 4 rings (SSSR count). The van der Waals surface area contributed by atoms with Crippen LogP contribution in [-0.2, 0) is 61.9 Å². The number of carboxylic acid groups (broad SMARTS) is 2. The summed E-state index contributed by atoms with van der Waals surface area (Å²) in [7, 11) is 0. The summed E-state index contributed by atoms with van der Waals surface area (Å²) in [6.45, 7) is 1.10. The third-order valence-electron chi connectivity index (χ3n) is 19.5. The number of unbranched alkanes of at least 4 members (excludes halogenated alkanes) is 25. The number of hydrogen-bond donors (Lipinski definition) is 19. The Morgan fingerprint density at radius 2 is 0.980 bits per heavy atom. The Labute approximate surface area is 598 Å². The number of hydrogen-bond acceptors (Lipinski definition) is 27. The second-order valence-electron chi connectivity index (χ2n) is 27.9. The number of carbonyl (C=O) groups is 5. The fraction of sp³-hybridized carbons (Fsp3) is 0.900. The van der Waals surface area contributed by atoms with Crippen molar-refractivity contribution >= 4 is 29.7 Å². The maximum atomic E-state index is 13.6. The second kappa shape index (κ2) is 47.8. The topological polar surface area (TPSA) is 519 Å². The minimum Gasteiger partial charge on any atom is -0.477 e. The van der Waals surface area contributed by atoms with Crippen molar-refractivity contribution < 1.29 is 144 Å². The summed E-state index contributed by atoms with van der Waals surface area (Å²) >= 11 is 0. The predicted molar refractivity (Wildman–Crippen MR) is 363 cm³/mol. The number of nitrogens with one attached hydrogen (secondary N) is 3. The van der Waals surface area contributed by atoms with Gasteiger partial charge >= 0.3 is 11.9 Å². The van der Waals surface area contributed by atoms with Crippen LogP contribution in [0.3, 0.4) is 0 Å². The molecule has 19 N–H and O–H groups in total. The van der Waals surface area contributed by atoms with Crippen LogP contribution in [0, 0.1) is 0 Å². The molecule has 32 nitrogen and oxygen atoms in total. The molecule has 102 heavy (non-hydrogen) atoms. The van der Waals surface area contributed by atoms with Gasteiger partial charge in [-0.25, -0.2) is 9.59 Å². The van der Waals surface area contributed by atoms with Crippen LogP contribution in [0.4, 0.5) is 0 Å². The standard InChI is InChI=1S/C70H125N3O29/c1-5-7-9-11-13-15-17-19-20-22-24-26-28-30-32-34-52(84)73-44(45(80)33-31-29-27-25-23-21-18-16-14-12-10-8-6-2)41-95-65-59(89)58(88)61(51(40-77)97-65)98-66-60(90)64(56(86)49(38-75)96-66)102-70(68(93)94)36-47(82)54(72-43(4)79)63(101-70)57(87)50(39-76)99-69(67(91)92)35-46(81)53(71-42(3)78)62(100-69)55(85)48(83)37-74/h31,33,44-51,53-66,74-77,80-83,85-90H,5-30,32,34-41H2,1-4H3,(H,71,78)(H,72,79)(H,73,84)(H,91,92)(H,93,94)/t44-,45+,46-,47-,48+,49+,50+,51+,53+,54+,55+,56-,57+,58+,59+,60+,61+,62+,63+,64-,65+,66-,69+,70-/m0/s1. The van der Waals surface area contributed by atoms with Crippen molar-refractivity contribution in [3.05, 3.63) is 12.2 Å². The van der Waals surface area contributed by atoms with Crippen LogP contribution in [0.5, 0.6) is 0 Å². The zero-order valence-corrected chi connectivity index (χ0v) is 60.1. The van der Waals surface area contributed by atoms with E-state index in [-0.39, 0.29) is 12.3 Å². The predicted octanol–water partition coefficient (Wildman–Crippen LogP) is 0.339. The van der Waals surface area contributed by atoms with E-state index in [1.807, 2.05) is 6.08 Å². The molecule has 0 spiro atoms. The number of rotatable bonds is 52. The maximum absolute atomic E-state index is 13.6. The zero-order chi connectivity index (χ0) is 75.5. The number of carboxylic acids is 2. The van der Waals surface area contributed by atoms with Gasteiger partial charge in [-0.3, -0.25) is 14.4 Å². The SMILES string of the molecule is CCCCCCCCCCCCCC=C[C@@H](O)[C@H](CO[C@@H]1O[C@H](CO)[C@@H](O[C@@H]2O[C@H](CO)[C@H](O)[C@H](O[C@]3(C(=O)O)C[C@H](O)[C@@H](NC(C)=O)[C@H]([C@H](O)[C@@H](CO)O[C@]4(C(=O)O)C[C@H](O)[C@@H](NC(C)=O)[C@H]([C@H](O)[C@H](O)CO)O4)O3)[C@H]2O)[C@H](O)[C@H]1O)NC(=O)CCCCCCCCCCCCCCCCC. The van der Waals surface area contributed by atoms with Crippen molar-refractivity contribution in [2.24, 2.45) is 0 Å². The van der Waals surface area contributed by atoms with E-state index in [9.17, 15) is 106 Å². The van der Waals surface area contributed by atoms with E-state index in [4.69, 9.17) is 37.9 Å². The summed E-state index contributed by atoms with van der Waals surface area (Å²) in [5, 5.41) is 185. The Balaban J connectivity index is 1.50. The molecule has 4 aliphatic heterocycles. The molecule has 24 atom stereocenters. The van der Waals surface area contributed by atoms with E-state index in [2.05, 4.69) is 29.8 Å². The van der Waals surface area contributed by atoms with Gasteiger partial charge in [0.1, 0.15) is 85.5 Å². The minimum absolute atomic E-state index is 0.155. The van der Waals surface area contributed by atoms with E-state index in [1.54, 1.807) is 6.08 Å². The van der Waals surface area contributed by atoms with Crippen LogP contribution in [0.15, 0.2) is 12.2 Å². The Bertz CT molecular complexity index is 2410. The van der Waals surface area contributed by atoms with Crippen molar-refractivity contribution in [2.45, 2.75) is 366 Å². The van der Waals surface area contributed by atoms with E-state index >= 15 is 0 Å². The third kappa shape index (κ3) is 28.4. The number of aliphatic carboxylic acids is 2. The van der Waals surface area contributed by atoms with Gasteiger partial charge in [0.15, 0.2) is 12.6 Å². The minimum atomic E-state index is -3.39. The van der Waals surface area contributed by atoms with Crippen molar-refractivity contribution in [1.82, 2.24) is 16.0 Å². The summed E-state index contributed by atoms with van der Waals surface area (Å²) in [6.07, 6.45) is -8.38. The molecule has 0 saturated carbocycles. The molecule has 0 aromatic rings. The first-order valence-corrected chi connectivity index (χ1v) is 37.2. The normalized spacial score (nSPS) is 31.7. The highest BCUT2D eigenvalue weighted by Crippen LogP contribution is 2.41. The van der Waals surface area contributed by atoms with Crippen LogP contribution >= 0.6 is 0 Å². The molecular formula is C70H125N3O29. The van der Waals surface area contributed by atoms with Crippen molar-refractivity contribution in [3.63, 3.8) is 0 Å². The van der Waals surface area contributed by atoms with Gasteiger partial charge in [-0.05, 0) is 19.3 Å². The molecule has 0 radical (unpaired) electrons. The molecule has 4 saturated heterocycles. The summed E-state index contributed by atoms with van der Waals surface area (Å²) in [5.41, 5.74) is 0. The average molecular weight is 1470 g/mol. The van der Waals surface area contributed by atoms with E-state index < -0.39 is 216 Å². The quantitative estimate of drug-likeness (QED) is 0.0288. The fourth-order valence-corrected chi connectivity index (χ4v) is 13.5. The number of aliphatic hydroxyl groups is 14. The molecule has 4 aliphatic rings. The van der Waals surface area contributed by atoms with Crippen molar-refractivity contribution in [3.8, 4) is 0 Å². The molecule has 0 bridgehead atoms. The molecule has 0 aromatic carbocycles. The van der Waals surface area contributed by atoms with Gasteiger partial charge in [0.05, 0.1) is 69.5 Å². The lowest BCUT2D eigenvalue weighted by Gasteiger charge is -2.51. The lowest BCUT2D eigenvalue weighted by Crippen LogP contribution is -2.72. The van der Waals surface area contributed by atoms with Crippen LogP contribution < -0.4 is 16.0 Å².